The molecule has 0 heterocycles. The molecular weight excluding hydrogens is 172 g/mol. The first-order valence-corrected chi connectivity index (χ1v) is 5.19. The Morgan fingerprint density at radius 3 is 2.29 bits per heavy atom. The van der Waals surface area contributed by atoms with Crippen molar-refractivity contribution in [1.29, 1.82) is 0 Å². The molecule has 1 nitrogen and oxygen atoms in total. The largest absolute Gasteiger partial charge is 0.300 e. The first-order chi connectivity index (χ1) is 6.63. The molecule has 0 aliphatic heterocycles. The molecule has 1 atom stereocenters. The molecule has 0 aliphatic carbocycles. The highest BCUT2D eigenvalue weighted by atomic mass is 16.1. The van der Waals surface area contributed by atoms with Gasteiger partial charge in [0, 0.05) is 5.92 Å². The van der Waals surface area contributed by atoms with Crippen molar-refractivity contribution < 1.29 is 4.79 Å². The molecule has 0 saturated heterocycles. The lowest BCUT2D eigenvalue weighted by atomic mass is 9.93. The average molecular weight is 190 g/mol. The van der Waals surface area contributed by atoms with E-state index >= 15 is 0 Å². The van der Waals surface area contributed by atoms with Crippen LogP contribution >= 0.6 is 0 Å². The van der Waals surface area contributed by atoms with Crippen LogP contribution < -0.4 is 0 Å². The van der Waals surface area contributed by atoms with Crippen LogP contribution in [-0.2, 0) is 11.2 Å². The van der Waals surface area contributed by atoms with Crippen molar-refractivity contribution >= 4 is 5.78 Å². The molecule has 1 unspecified atom stereocenters. The average Bonchev–Trinajstić information content (AvgIpc) is 2.16. The van der Waals surface area contributed by atoms with Gasteiger partial charge >= 0.3 is 0 Å². The fraction of sp³-hybridized carbons (Fsp3) is 0.462. The van der Waals surface area contributed by atoms with Gasteiger partial charge in [-0.1, -0.05) is 36.8 Å². The van der Waals surface area contributed by atoms with E-state index in [0.29, 0.717) is 5.78 Å². The molecule has 1 aromatic carbocycles. The van der Waals surface area contributed by atoms with Gasteiger partial charge in [-0.15, -0.1) is 0 Å². The van der Waals surface area contributed by atoms with Crippen molar-refractivity contribution in [2.45, 2.75) is 33.6 Å². The van der Waals surface area contributed by atoms with E-state index in [1.54, 1.807) is 6.92 Å². The number of benzene rings is 1. The van der Waals surface area contributed by atoms with E-state index in [-0.39, 0.29) is 5.92 Å². The summed E-state index contributed by atoms with van der Waals surface area (Å²) in [6.07, 6.45) is 1.81. The minimum atomic E-state index is 0.192. The number of Topliss-reactive ketones (excluding diaryl/α,β-unsaturated/α-hetero) is 1. The fourth-order valence-corrected chi connectivity index (χ4v) is 1.58. The predicted molar refractivity (Wildman–Crippen MR) is 59.3 cm³/mol. The Morgan fingerprint density at radius 2 is 1.86 bits per heavy atom. The minimum Gasteiger partial charge on any atom is -0.300 e. The fourth-order valence-electron chi connectivity index (χ4n) is 1.58. The van der Waals surface area contributed by atoms with Gasteiger partial charge in [-0.25, -0.2) is 0 Å². The number of hydrogen-bond donors (Lipinski definition) is 0. The third kappa shape index (κ3) is 2.99. The normalized spacial score (nSPS) is 12.5. The molecule has 0 bridgehead atoms. The first kappa shape index (κ1) is 11.0. The first-order valence-electron chi connectivity index (χ1n) is 5.19. The summed E-state index contributed by atoms with van der Waals surface area (Å²) < 4.78 is 0. The predicted octanol–water partition coefficient (Wildman–Crippen LogP) is 3.15. The highest BCUT2D eigenvalue weighted by molar-refractivity contribution is 5.78. The Morgan fingerprint density at radius 1 is 1.29 bits per heavy atom. The van der Waals surface area contributed by atoms with Gasteiger partial charge in [-0.3, -0.25) is 4.79 Å². The van der Waals surface area contributed by atoms with Crippen LogP contribution in [-0.4, -0.2) is 5.78 Å². The molecule has 1 heteroatoms. The second-order valence-electron chi connectivity index (χ2n) is 3.91. The summed E-state index contributed by atoms with van der Waals surface area (Å²) in [5.74, 6) is 0.491. The summed E-state index contributed by atoms with van der Waals surface area (Å²) in [5, 5.41) is 0. The van der Waals surface area contributed by atoms with Crippen LogP contribution in [0, 0.1) is 12.8 Å². The summed E-state index contributed by atoms with van der Waals surface area (Å²) in [7, 11) is 0. The van der Waals surface area contributed by atoms with Crippen molar-refractivity contribution in [3.05, 3.63) is 35.4 Å². The number of ketones is 1. The summed E-state index contributed by atoms with van der Waals surface area (Å²) in [5.41, 5.74) is 2.53. The van der Waals surface area contributed by atoms with Gasteiger partial charge in [0.25, 0.3) is 0 Å². The maximum Gasteiger partial charge on any atom is 0.133 e. The monoisotopic (exact) mass is 190 g/mol. The molecule has 0 N–H and O–H groups in total. The van der Waals surface area contributed by atoms with Gasteiger partial charge in [0.15, 0.2) is 0 Å². The lowest BCUT2D eigenvalue weighted by molar-refractivity contribution is -0.120. The number of carbonyl (C=O) groups excluding carboxylic acids is 1. The SMILES string of the molecule is CCC(Cc1ccc(C)cc1)C(C)=O. The van der Waals surface area contributed by atoms with Crippen molar-refractivity contribution in [1.82, 2.24) is 0 Å². The van der Waals surface area contributed by atoms with Gasteiger partial charge in [0.2, 0.25) is 0 Å². The zero-order valence-electron chi connectivity index (χ0n) is 9.21. The molecule has 1 aromatic rings. The van der Waals surface area contributed by atoms with Crippen LogP contribution in [0.15, 0.2) is 24.3 Å². The summed E-state index contributed by atoms with van der Waals surface area (Å²) >= 11 is 0. The van der Waals surface area contributed by atoms with Crippen LogP contribution in [0.3, 0.4) is 0 Å². The van der Waals surface area contributed by atoms with Crippen molar-refractivity contribution in [3.63, 3.8) is 0 Å². The molecule has 1 rings (SSSR count). The molecule has 76 valence electrons. The molecule has 0 radical (unpaired) electrons. The van der Waals surface area contributed by atoms with Crippen LogP contribution in [0.25, 0.3) is 0 Å². The third-order valence-electron chi connectivity index (χ3n) is 2.67. The Balaban J connectivity index is 2.67. The molecule has 0 fully saturated rings. The van der Waals surface area contributed by atoms with E-state index in [1.807, 2.05) is 0 Å². The topological polar surface area (TPSA) is 17.1 Å². The summed E-state index contributed by atoms with van der Waals surface area (Å²) in [6, 6.07) is 8.42. The zero-order valence-corrected chi connectivity index (χ0v) is 9.21. The second kappa shape index (κ2) is 4.94. The lowest BCUT2D eigenvalue weighted by Crippen LogP contribution is -2.12. The van der Waals surface area contributed by atoms with Gasteiger partial charge in [0.1, 0.15) is 5.78 Å². The van der Waals surface area contributed by atoms with Crippen LogP contribution in [0.1, 0.15) is 31.4 Å². The van der Waals surface area contributed by atoms with E-state index in [2.05, 4.69) is 38.1 Å². The molecule has 14 heavy (non-hydrogen) atoms. The summed E-state index contributed by atoms with van der Waals surface area (Å²) in [6.45, 7) is 5.83. The standard InChI is InChI=1S/C13H18O/c1-4-13(11(3)14)9-12-7-5-10(2)6-8-12/h5-8,13H,4,9H2,1-3H3. The van der Waals surface area contributed by atoms with Crippen molar-refractivity contribution in [2.75, 3.05) is 0 Å². The molecule has 0 spiro atoms. The smallest absolute Gasteiger partial charge is 0.133 e. The van der Waals surface area contributed by atoms with Crippen molar-refractivity contribution in [3.8, 4) is 0 Å². The maximum atomic E-state index is 11.2. The second-order valence-corrected chi connectivity index (χ2v) is 3.91. The van der Waals surface area contributed by atoms with Gasteiger partial charge in [0.05, 0.1) is 0 Å². The third-order valence-corrected chi connectivity index (χ3v) is 2.67. The zero-order chi connectivity index (χ0) is 10.6. The number of carbonyl (C=O) groups is 1. The van der Waals surface area contributed by atoms with Gasteiger partial charge in [-0.05, 0) is 32.3 Å². The molecule has 0 amide bonds. The number of hydrogen-bond acceptors (Lipinski definition) is 1. The Bertz CT molecular complexity index is 298. The van der Waals surface area contributed by atoms with Crippen LogP contribution in [0.2, 0.25) is 0 Å². The molecule has 0 aromatic heterocycles. The van der Waals surface area contributed by atoms with Crippen LogP contribution in [0.4, 0.5) is 0 Å². The Labute approximate surface area is 86.1 Å². The highest BCUT2D eigenvalue weighted by Crippen LogP contribution is 2.13. The van der Waals surface area contributed by atoms with E-state index in [1.165, 1.54) is 11.1 Å². The molecule has 0 saturated carbocycles. The number of rotatable bonds is 4. The Hall–Kier alpha value is -1.11. The van der Waals surface area contributed by atoms with Crippen molar-refractivity contribution in [2.24, 2.45) is 5.92 Å². The van der Waals surface area contributed by atoms with Gasteiger partial charge in [-0.2, -0.15) is 0 Å². The van der Waals surface area contributed by atoms with E-state index in [9.17, 15) is 4.79 Å². The molecular formula is C13H18O. The lowest BCUT2D eigenvalue weighted by Gasteiger charge is -2.10. The summed E-state index contributed by atoms with van der Waals surface area (Å²) in [4.78, 5) is 11.2. The minimum absolute atomic E-state index is 0.192. The highest BCUT2D eigenvalue weighted by Gasteiger charge is 2.11. The van der Waals surface area contributed by atoms with Crippen LogP contribution in [0.5, 0.6) is 0 Å². The maximum absolute atomic E-state index is 11.2. The van der Waals surface area contributed by atoms with E-state index in [0.717, 1.165) is 12.8 Å². The van der Waals surface area contributed by atoms with E-state index in [4.69, 9.17) is 0 Å². The quantitative estimate of drug-likeness (QED) is 0.712. The number of aryl methyl sites for hydroxylation is 1. The van der Waals surface area contributed by atoms with E-state index < -0.39 is 0 Å². The van der Waals surface area contributed by atoms with Gasteiger partial charge < -0.3 is 0 Å². The molecule has 0 aliphatic rings. The Kier molecular flexibility index (Phi) is 3.87.